The number of likely N-dealkylation sites (tertiary alicyclic amines) is 1. The molecule has 1 aromatic rings. The Labute approximate surface area is 127 Å². The van der Waals surface area contributed by atoms with Crippen LogP contribution in [-0.2, 0) is 11.0 Å². The first-order valence-corrected chi connectivity index (χ1v) is 7.47. The number of benzene rings is 1. The van der Waals surface area contributed by atoms with Crippen molar-refractivity contribution < 1.29 is 23.1 Å². The lowest BCUT2D eigenvalue weighted by Crippen LogP contribution is -2.38. The second-order valence-electron chi connectivity index (χ2n) is 5.70. The van der Waals surface area contributed by atoms with Gasteiger partial charge in [-0.15, -0.1) is 0 Å². The summed E-state index contributed by atoms with van der Waals surface area (Å²) in [6.07, 6.45) is -2.56. The zero-order valence-corrected chi connectivity index (χ0v) is 12.4. The van der Waals surface area contributed by atoms with Crippen LogP contribution in [0.5, 0.6) is 0 Å². The molecule has 1 saturated heterocycles. The zero-order chi connectivity index (χ0) is 16.3. The van der Waals surface area contributed by atoms with Crippen LogP contribution in [-0.4, -0.2) is 29.1 Å². The number of carboxylic acid groups (broad SMARTS) is 1. The molecule has 1 N–H and O–H groups in total. The summed E-state index contributed by atoms with van der Waals surface area (Å²) in [5.41, 5.74) is 0.00923. The number of rotatable bonds is 4. The molecule has 1 atom stereocenters. The van der Waals surface area contributed by atoms with Gasteiger partial charge in [0.05, 0.1) is 11.5 Å². The van der Waals surface area contributed by atoms with Crippen LogP contribution in [0.1, 0.15) is 43.4 Å². The van der Waals surface area contributed by atoms with E-state index < -0.39 is 17.7 Å². The van der Waals surface area contributed by atoms with E-state index in [1.54, 1.807) is 6.07 Å². The van der Waals surface area contributed by atoms with Crippen molar-refractivity contribution in [2.24, 2.45) is 5.92 Å². The number of halogens is 3. The van der Waals surface area contributed by atoms with E-state index in [2.05, 4.69) is 4.90 Å². The number of nitrogens with zero attached hydrogens (tertiary/aromatic N) is 1. The van der Waals surface area contributed by atoms with Crippen molar-refractivity contribution in [2.75, 3.05) is 13.1 Å². The fourth-order valence-corrected chi connectivity index (χ4v) is 3.09. The van der Waals surface area contributed by atoms with Crippen LogP contribution in [0.25, 0.3) is 0 Å². The Kier molecular flexibility index (Phi) is 5.11. The summed E-state index contributed by atoms with van der Waals surface area (Å²) in [6.45, 7) is 3.14. The molecular formula is C16H20F3NO2. The van der Waals surface area contributed by atoms with E-state index in [0.717, 1.165) is 6.07 Å². The molecule has 122 valence electrons. The molecule has 0 bridgehead atoms. The zero-order valence-electron chi connectivity index (χ0n) is 12.4. The molecule has 6 heteroatoms. The Morgan fingerprint density at radius 2 is 2.00 bits per heavy atom. The predicted molar refractivity (Wildman–Crippen MR) is 76.4 cm³/mol. The SMILES string of the molecule is CCC(c1cccc(C(F)(F)F)c1)N1CCC(C(=O)O)CC1. The third-order valence-electron chi connectivity index (χ3n) is 4.30. The van der Waals surface area contributed by atoms with Gasteiger partial charge in [-0.2, -0.15) is 13.2 Å². The van der Waals surface area contributed by atoms with Crippen LogP contribution in [0.15, 0.2) is 24.3 Å². The summed E-state index contributed by atoms with van der Waals surface area (Å²) >= 11 is 0. The first-order valence-electron chi connectivity index (χ1n) is 7.47. The number of piperidine rings is 1. The van der Waals surface area contributed by atoms with Gasteiger partial charge >= 0.3 is 12.1 Å². The Balaban J connectivity index is 2.14. The first-order chi connectivity index (χ1) is 10.3. The van der Waals surface area contributed by atoms with Crippen molar-refractivity contribution in [1.29, 1.82) is 0 Å². The average Bonchev–Trinajstić information content (AvgIpc) is 2.48. The van der Waals surface area contributed by atoms with Crippen molar-refractivity contribution in [3.63, 3.8) is 0 Å². The van der Waals surface area contributed by atoms with Gasteiger partial charge in [0, 0.05) is 6.04 Å². The Morgan fingerprint density at radius 3 is 2.50 bits per heavy atom. The number of hydrogen-bond acceptors (Lipinski definition) is 2. The number of hydrogen-bond donors (Lipinski definition) is 1. The van der Waals surface area contributed by atoms with Gasteiger partial charge in [0.2, 0.25) is 0 Å². The second kappa shape index (κ2) is 6.69. The summed E-state index contributed by atoms with van der Waals surface area (Å²) in [5.74, 6) is -1.12. The average molecular weight is 315 g/mol. The van der Waals surface area contributed by atoms with Crippen molar-refractivity contribution in [1.82, 2.24) is 4.90 Å². The Bertz CT molecular complexity index is 522. The molecule has 0 amide bonds. The second-order valence-corrected chi connectivity index (χ2v) is 5.70. The molecule has 0 radical (unpaired) electrons. The molecule has 22 heavy (non-hydrogen) atoms. The standard InChI is InChI=1S/C16H20F3NO2/c1-2-14(20-8-6-11(7-9-20)15(21)22)12-4-3-5-13(10-12)16(17,18)19/h3-5,10-11,14H,2,6-9H2,1H3,(H,21,22). The van der Waals surface area contributed by atoms with Crippen molar-refractivity contribution >= 4 is 5.97 Å². The monoisotopic (exact) mass is 315 g/mol. The highest BCUT2D eigenvalue weighted by molar-refractivity contribution is 5.70. The molecule has 0 spiro atoms. The Morgan fingerprint density at radius 1 is 1.36 bits per heavy atom. The number of alkyl halides is 3. The quantitative estimate of drug-likeness (QED) is 0.914. The van der Waals surface area contributed by atoms with Crippen LogP contribution in [0, 0.1) is 5.92 Å². The van der Waals surface area contributed by atoms with Crippen LogP contribution >= 0.6 is 0 Å². The molecule has 2 rings (SSSR count). The summed E-state index contributed by atoms with van der Waals surface area (Å²) in [7, 11) is 0. The Hall–Kier alpha value is -1.56. The van der Waals surface area contributed by atoms with Crippen molar-refractivity contribution in [2.45, 2.75) is 38.4 Å². The molecule has 1 fully saturated rings. The van der Waals surface area contributed by atoms with Gasteiger partial charge in [-0.3, -0.25) is 9.69 Å². The fourth-order valence-electron chi connectivity index (χ4n) is 3.09. The van der Waals surface area contributed by atoms with Crippen molar-refractivity contribution in [3.8, 4) is 0 Å². The largest absolute Gasteiger partial charge is 0.481 e. The molecule has 3 nitrogen and oxygen atoms in total. The third kappa shape index (κ3) is 3.80. The van der Waals surface area contributed by atoms with Gasteiger partial charge in [0.15, 0.2) is 0 Å². The maximum Gasteiger partial charge on any atom is 0.416 e. The van der Waals surface area contributed by atoms with Gasteiger partial charge in [0.25, 0.3) is 0 Å². The molecule has 1 aliphatic heterocycles. The smallest absolute Gasteiger partial charge is 0.416 e. The van der Waals surface area contributed by atoms with E-state index in [1.807, 2.05) is 6.92 Å². The normalized spacial score (nSPS) is 19.1. The lowest BCUT2D eigenvalue weighted by molar-refractivity contribution is -0.143. The van der Waals surface area contributed by atoms with Crippen LogP contribution in [0.3, 0.4) is 0 Å². The van der Waals surface area contributed by atoms with E-state index in [-0.39, 0.29) is 12.0 Å². The van der Waals surface area contributed by atoms with Gasteiger partial charge in [0.1, 0.15) is 0 Å². The minimum absolute atomic E-state index is 0.1000. The first kappa shape index (κ1) is 16.8. The predicted octanol–water partition coefficient (Wildman–Crippen LogP) is 3.95. The maximum absolute atomic E-state index is 12.8. The van der Waals surface area contributed by atoms with E-state index >= 15 is 0 Å². The molecule has 0 saturated carbocycles. The topological polar surface area (TPSA) is 40.5 Å². The number of carboxylic acids is 1. The summed E-state index contributed by atoms with van der Waals surface area (Å²) in [6, 6.07) is 5.33. The van der Waals surface area contributed by atoms with Gasteiger partial charge in [-0.05, 0) is 50.0 Å². The minimum atomic E-state index is -4.34. The van der Waals surface area contributed by atoms with E-state index in [0.29, 0.717) is 37.9 Å². The van der Waals surface area contributed by atoms with Gasteiger partial charge < -0.3 is 5.11 Å². The lowest BCUT2D eigenvalue weighted by Gasteiger charge is -2.36. The van der Waals surface area contributed by atoms with Crippen LogP contribution < -0.4 is 0 Å². The highest BCUT2D eigenvalue weighted by Crippen LogP contribution is 2.34. The van der Waals surface area contributed by atoms with E-state index in [1.165, 1.54) is 12.1 Å². The molecule has 1 aromatic carbocycles. The molecule has 1 aliphatic rings. The molecule has 1 unspecified atom stereocenters. The lowest BCUT2D eigenvalue weighted by atomic mass is 9.93. The number of aliphatic carboxylic acids is 1. The van der Waals surface area contributed by atoms with Gasteiger partial charge in [-0.25, -0.2) is 0 Å². The highest BCUT2D eigenvalue weighted by atomic mass is 19.4. The van der Waals surface area contributed by atoms with E-state index in [4.69, 9.17) is 5.11 Å². The fraction of sp³-hybridized carbons (Fsp3) is 0.562. The molecule has 1 heterocycles. The maximum atomic E-state index is 12.8. The van der Waals surface area contributed by atoms with Crippen LogP contribution in [0.2, 0.25) is 0 Å². The van der Waals surface area contributed by atoms with Crippen molar-refractivity contribution in [3.05, 3.63) is 35.4 Å². The summed E-state index contributed by atoms with van der Waals surface area (Å²) in [4.78, 5) is 13.1. The third-order valence-corrected chi connectivity index (χ3v) is 4.30. The summed E-state index contributed by atoms with van der Waals surface area (Å²) < 4.78 is 38.5. The minimum Gasteiger partial charge on any atom is -0.481 e. The van der Waals surface area contributed by atoms with Gasteiger partial charge in [-0.1, -0.05) is 19.1 Å². The molecular weight excluding hydrogens is 295 g/mol. The molecule has 0 aliphatic carbocycles. The number of carbonyl (C=O) groups is 1. The highest BCUT2D eigenvalue weighted by Gasteiger charge is 2.32. The van der Waals surface area contributed by atoms with Crippen LogP contribution in [0.4, 0.5) is 13.2 Å². The van der Waals surface area contributed by atoms with E-state index in [9.17, 15) is 18.0 Å². The molecule has 0 aromatic heterocycles. The summed E-state index contributed by atoms with van der Waals surface area (Å²) in [5, 5.41) is 9.02.